The second kappa shape index (κ2) is 4.90. The second-order valence-corrected chi connectivity index (χ2v) is 4.78. The number of hydrogen-bond acceptors (Lipinski definition) is 3. The van der Waals surface area contributed by atoms with E-state index in [4.69, 9.17) is 5.73 Å². The molecule has 0 unspecified atom stereocenters. The predicted octanol–water partition coefficient (Wildman–Crippen LogP) is 1.78. The van der Waals surface area contributed by atoms with E-state index >= 15 is 0 Å². The lowest BCUT2D eigenvalue weighted by Crippen LogP contribution is -2.11. The molecule has 0 saturated carbocycles. The molecule has 4 nitrogen and oxygen atoms in total. The van der Waals surface area contributed by atoms with Crippen LogP contribution < -0.4 is 5.73 Å². The van der Waals surface area contributed by atoms with Crippen LogP contribution in [0.4, 0.5) is 0 Å². The Hall–Kier alpha value is -1.68. The van der Waals surface area contributed by atoms with Crippen LogP contribution >= 0.6 is 0 Å². The maximum atomic E-state index is 5.56. The highest BCUT2D eigenvalue weighted by Gasteiger charge is 2.16. The quantitative estimate of drug-likeness (QED) is 0.892. The van der Waals surface area contributed by atoms with E-state index < -0.39 is 0 Å². The van der Waals surface area contributed by atoms with Crippen molar-refractivity contribution in [2.45, 2.75) is 32.2 Å². The molecule has 94 valence electrons. The van der Waals surface area contributed by atoms with Crippen molar-refractivity contribution in [3.8, 4) is 11.4 Å². The molecule has 3 rings (SSSR count). The third-order valence-corrected chi connectivity index (χ3v) is 3.50. The molecule has 1 aromatic heterocycles. The third kappa shape index (κ3) is 2.04. The Morgan fingerprint density at radius 1 is 1.11 bits per heavy atom. The zero-order valence-electron chi connectivity index (χ0n) is 10.5. The van der Waals surface area contributed by atoms with Crippen molar-refractivity contribution in [2.24, 2.45) is 5.73 Å². The van der Waals surface area contributed by atoms with Gasteiger partial charge in [-0.05, 0) is 31.4 Å². The van der Waals surface area contributed by atoms with Gasteiger partial charge in [-0.25, -0.2) is 0 Å². The summed E-state index contributed by atoms with van der Waals surface area (Å²) in [5.74, 6) is 2.13. The zero-order valence-corrected chi connectivity index (χ0v) is 10.5. The molecule has 0 bridgehead atoms. The molecular weight excluding hydrogens is 224 g/mol. The van der Waals surface area contributed by atoms with Crippen molar-refractivity contribution >= 4 is 0 Å². The van der Waals surface area contributed by atoms with Crippen molar-refractivity contribution in [2.75, 3.05) is 6.54 Å². The van der Waals surface area contributed by atoms with Gasteiger partial charge in [0.1, 0.15) is 5.82 Å². The molecule has 2 heterocycles. The zero-order chi connectivity index (χ0) is 12.4. The molecule has 0 aliphatic carbocycles. The highest BCUT2D eigenvalue weighted by Crippen LogP contribution is 2.23. The molecule has 0 atom stereocenters. The molecule has 0 fully saturated rings. The van der Waals surface area contributed by atoms with Crippen molar-refractivity contribution in [3.05, 3.63) is 35.7 Å². The maximum absolute atomic E-state index is 5.56. The first-order valence-corrected chi connectivity index (χ1v) is 6.60. The van der Waals surface area contributed by atoms with Gasteiger partial charge in [0.05, 0.1) is 0 Å². The number of benzene rings is 1. The van der Waals surface area contributed by atoms with E-state index in [0.717, 1.165) is 36.6 Å². The molecule has 0 radical (unpaired) electrons. The first kappa shape index (κ1) is 11.4. The van der Waals surface area contributed by atoms with Gasteiger partial charge in [-0.1, -0.05) is 24.3 Å². The van der Waals surface area contributed by atoms with Crippen LogP contribution in [0.2, 0.25) is 0 Å². The van der Waals surface area contributed by atoms with E-state index in [1.165, 1.54) is 18.4 Å². The number of nitrogens with two attached hydrogens (primary N) is 1. The highest BCUT2D eigenvalue weighted by molar-refractivity contribution is 5.56. The largest absolute Gasteiger partial charge is 0.330 e. The summed E-state index contributed by atoms with van der Waals surface area (Å²) in [6.45, 7) is 1.74. The summed E-state index contributed by atoms with van der Waals surface area (Å²) in [6, 6.07) is 8.51. The van der Waals surface area contributed by atoms with Crippen LogP contribution in [0.5, 0.6) is 0 Å². The van der Waals surface area contributed by atoms with Gasteiger partial charge in [0.25, 0.3) is 0 Å². The smallest absolute Gasteiger partial charge is 0.163 e. The van der Waals surface area contributed by atoms with Gasteiger partial charge in [0.15, 0.2) is 5.82 Å². The summed E-state index contributed by atoms with van der Waals surface area (Å²) in [6.07, 6.45) is 4.44. The molecule has 0 amide bonds. The minimum atomic E-state index is 0.694. The van der Waals surface area contributed by atoms with Crippen molar-refractivity contribution in [1.29, 1.82) is 0 Å². The molecular formula is C14H18N4. The molecule has 2 aromatic rings. The predicted molar refractivity (Wildman–Crippen MR) is 71.2 cm³/mol. The average Bonchev–Trinajstić information content (AvgIpc) is 2.84. The maximum Gasteiger partial charge on any atom is 0.163 e. The summed E-state index contributed by atoms with van der Waals surface area (Å²) in [5.41, 5.74) is 7.98. The Bertz CT molecular complexity index is 527. The Morgan fingerprint density at radius 2 is 1.94 bits per heavy atom. The van der Waals surface area contributed by atoms with Crippen LogP contribution in [0.1, 0.15) is 24.2 Å². The minimum absolute atomic E-state index is 0.694. The van der Waals surface area contributed by atoms with Gasteiger partial charge in [-0.2, -0.15) is 0 Å². The van der Waals surface area contributed by atoms with E-state index in [9.17, 15) is 0 Å². The van der Waals surface area contributed by atoms with Crippen molar-refractivity contribution < 1.29 is 0 Å². The molecule has 1 aromatic carbocycles. The molecule has 1 aliphatic heterocycles. The Labute approximate surface area is 107 Å². The lowest BCUT2D eigenvalue weighted by atomic mass is 10.1. The van der Waals surface area contributed by atoms with E-state index in [0.29, 0.717) is 6.54 Å². The summed E-state index contributed by atoms with van der Waals surface area (Å²) < 4.78 is 2.25. The van der Waals surface area contributed by atoms with Gasteiger partial charge in [0.2, 0.25) is 0 Å². The topological polar surface area (TPSA) is 56.7 Å². The average molecular weight is 242 g/mol. The van der Waals surface area contributed by atoms with Gasteiger partial charge in [-0.3, -0.25) is 0 Å². The van der Waals surface area contributed by atoms with Crippen LogP contribution in [0.3, 0.4) is 0 Å². The second-order valence-electron chi connectivity index (χ2n) is 4.78. The minimum Gasteiger partial charge on any atom is -0.330 e. The SMILES string of the molecule is NCCc1ccc(-c2nnc3n2CCCC3)cc1. The summed E-state index contributed by atoms with van der Waals surface area (Å²) >= 11 is 0. The van der Waals surface area contributed by atoms with E-state index in [2.05, 4.69) is 39.0 Å². The van der Waals surface area contributed by atoms with Gasteiger partial charge >= 0.3 is 0 Å². The van der Waals surface area contributed by atoms with Gasteiger partial charge in [-0.15, -0.1) is 10.2 Å². The fourth-order valence-corrected chi connectivity index (χ4v) is 2.51. The number of aromatic nitrogens is 3. The summed E-state index contributed by atoms with van der Waals surface area (Å²) in [7, 11) is 0. The number of nitrogens with zero attached hydrogens (tertiary/aromatic N) is 3. The van der Waals surface area contributed by atoms with E-state index in [1.807, 2.05) is 0 Å². The van der Waals surface area contributed by atoms with Crippen LogP contribution in [-0.4, -0.2) is 21.3 Å². The van der Waals surface area contributed by atoms with E-state index in [-0.39, 0.29) is 0 Å². The van der Waals surface area contributed by atoms with Crippen molar-refractivity contribution in [3.63, 3.8) is 0 Å². The van der Waals surface area contributed by atoms with Crippen LogP contribution in [-0.2, 0) is 19.4 Å². The fraction of sp³-hybridized carbons (Fsp3) is 0.429. The normalized spacial score (nSPS) is 14.5. The number of aryl methyl sites for hydroxylation is 1. The molecule has 18 heavy (non-hydrogen) atoms. The monoisotopic (exact) mass is 242 g/mol. The number of fused-ring (bicyclic) bond motifs is 1. The standard InChI is InChI=1S/C14H18N4/c15-9-8-11-4-6-12(7-5-11)14-17-16-13-3-1-2-10-18(13)14/h4-7H,1-3,8-10,15H2. The van der Waals surface area contributed by atoms with Crippen molar-refractivity contribution in [1.82, 2.24) is 14.8 Å². The molecule has 2 N–H and O–H groups in total. The summed E-state index contributed by atoms with van der Waals surface area (Å²) in [4.78, 5) is 0. The molecule has 0 saturated heterocycles. The third-order valence-electron chi connectivity index (χ3n) is 3.50. The van der Waals surface area contributed by atoms with Gasteiger partial charge < -0.3 is 10.3 Å². The lowest BCUT2D eigenvalue weighted by molar-refractivity contribution is 0.526. The van der Waals surface area contributed by atoms with Crippen LogP contribution in [0, 0.1) is 0 Å². The van der Waals surface area contributed by atoms with Crippen LogP contribution in [0.25, 0.3) is 11.4 Å². The molecule has 0 spiro atoms. The Morgan fingerprint density at radius 3 is 2.72 bits per heavy atom. The molecule has 1 aliphatic rings. The van der Waals surface area contributed by atoms with Gasteiger partial charge in [0, 0.05) is 18.5 Å². The summed E-state index contributed by atoms with van der Waals surface area (Å²) in [5, 5.41) is 8.62. The molecule has 4 heteroatoms. The Balaban J connectivity index is 1.92. The van der Waals surface area contributed by atoms with Crippen LogP contribution in [0.15, 0.2) is 24.3 Å². The lowest BCUT2D eigenvalue weighted by Gasteiger charge is -2.14. The first-order chi connectivity index (χ1) is 8.88. The fourth-order valence-electron chi connectivity index (χ4n) is 2.51. The highest BCUT2D eigenvalue weighted by atomic mass is 15.3. The first-order valence-electron chi connectivity index (χ1n) is 6.60. The number of rotatable bonds is 3. The number of hydrogen-bond donors (Lipinski definition) is 1. The van der Waals surface area contributed by atoms with E-state index in [1.54, 1.807) is 0 Å². The Kier molecular flexibility index (Phi) is 3.11.